The van der Waals surface area contributed by atoms with Crippen molar-refractivity contribution in [2.45, 2.75) is 6.54 Å². The third kappa shape index (κ3) is 3.83. The van der Waals surface area contributed by atoms with Gasteiger partial charge in [-0.25, -0.2) is 9.37 Å². The van der Waals surface area contributed by atoms with Gasteiger partial charge in [0.05, 0.1) is 11.2 Å². The third-order valence-electron chi connectivity index (χ3n) is 3.47. The van der Waals surface area contributed by atoms with Gasteiger partial charge in [-0.05, 0) is 29.8 Å². The Labute approximate surface area is 147 Å². The summed E-state index contributed by atoms with van der Waals surface area (Å²) in [4.78, 5) is 18.1. The van der Waals surface area contributed by atoms with Crippen LogP contribution in [-0.4, -0.2) is 24.5 Å². The van der Waals surface area contributed by atoms with Gasteiger partial charge in [0.25, 0.3) is 0 Å². The Hall–Kier alpha value is -2.18. The normalized spacial score (nSPS) is 10.8. The zero-order chi connectivity index (χ0) is 17.1. The lowest BCUT2D eigenvalue weighted by molar-refractivity contribution is -0.119. The van der Waals surface area contributed by atoms with Crippen molar-refractivity contribution in [3.63, 3.8) is 0 Å². The minimum Gasteiger partial charge on any atom is -0.350 e. The van der Waals surface area contributed by atoms with E-state index in [9.17, 15) is 9.18 Å². The van der Waals surface area contributed by atoms with E-state index < -0.39 is 0 Å². The molecule has 0 saturated carbocycles. The van der Waals surface area contributed by atoms with Gasteiger partial charge in [-0.1, -0.05) is 41.1 Å². The van der Waals surface area contributed by atoms with Crippen LogP contribution in [0.3, 0.4) is 0 Å². The number of amides is 1. The SMILES string of the molecule is CN(CC(=O)NCc1ccc(Cl)cc1)c1nc2c(F)cccc2s1. The highest BCUT2D eigenvalue weighted by atomic mass is 35.5. The Kier molecular flexibility index (Phi) is 4.97. The number of para-hydroxylation sites is 1. The number of carbonyl (C=O) groups is 1. The van der Waals surface area contributed by atoms with E-state index in [1.165, 1.54) is 17.4 Å². The average molecular weight is 364 g/mol. The van der Waals surface area contributed by atoms with Gasteiger partial charge >= 0.3 is 0 Å². The van der Waals surface area contributed by atoms with Crippen LogP contribution in [0.1, 0.15) is 5.56 Å². The highest BCUT2D eigenvalue weighted by Crippen LogP contribution is 2.29. The maximum Gasteiger partial charge on any atom is 0.239 e. The molecule has 0 aliphatic heterocycles. The first-order valence-corrected chi connectivity index (χ1v) is 8.50. The molecule has 0 aliphatic rings. The fraction of sp³-hybridized carbons (Fsp3) is 0.176. The highest BCUT2D eigenvalue weighted by molar-refractivity contribution is 7.22. The Morgan fingerprint density at radius 2 is 2.04 bits per heavy atom. The lowest BCUT2D eigenvalue weighted by Crippen LogP contribution is -2.34. The number of hydrogen-bond acceptors (Lipinski definition) is 4. The Morgan fingerprint density at radius 1 is 1.29 bits per heavy atom. The second-order valence-electron chi connectivity index (χ2n) is 5.34. The molecular formula is C17H15ClFN3OS. The van der Waals surface area contributed by atoms with Gasteiger partial charge in [-0.15, -0.1) is 0 Å². The van der Waals surface area contributed by atoms with E-state index in [1.54, 1.807) is 30.1 Å². The number of fused-ring (bicyclic) bond motifs is 1. The number of thiazole rings is 1. The molecule has 0 radical (unpaired) electrons. The molecule has 3 rings (SSSR count). The molecule has 1 N–H and O–H groups in total. The standard InChI is InChI=1S/C17H15ClFN3OS/c1-22(17-21-16-13(19)3-2-4-14(16)24-17)10-15(23)20-9-11-5-7-12(18)8-6-11/h2-8H,9-10H2,1H3,(H,20,23). The van der Waals surface area contributed by atoms with Crippen LogP contribution in [0.25, 0.3) is 10.2 Å². The maximum absolute atomic E-state index is 13.7. The summed E-state index contributed by atoms with van der Waals surface area (Å²) in [5.74, 6) is -0.484. The zero-order valence-corrected chi connectivity index (χ0v) is 14.5. The van der Waals surface area contributed by atoms with E-state index in [-0.39, 0.29) is 18.3 Å². The summed E-state index contributed by atoms with van der Waals surface area (Å²) in [6.07, 6.45) is 0. The number of halogens is 2. The van der Waals surface area contributed by atoms with E-state index in [1.807, 2.05) is 18.2 Å². The lowest BCUT2D eigenvalue weighted by atomic mass is 10.2. The monoisotopic (exact) mass is 363 g/mol. The van der Waals surface area contributed by atoms with Crippen LogP contribution in [-0.2, 0) is 11.3 Å². The van der Waals surface area contributed by atoms with Crippen molar-refractivity contribution in [2.75, 3.05) is 18.5 Å². The van der Waals surface area contributed by atoms with Crippen LogP contribution in [0.2, 0.25) is 5.02 Å². The van der Waals surface area contributed by atoms with Crippen LogP contribution < -0.4 is 10.2 Å². The molecule has 1 heterocycles. The van der Waals surface area contributed by atoms with E-state index in [0.29, 0.717) is 22.2 Å². The number of benzene rings is 2. The number of carbonyl (C=O) groups excluding carboxylic acids is 1. The van der Waals surface area contributed by atoms with Gasteiger partial charge in [0.15, 0.2) is 5.13 Å². The summed E-state index contributed by atoms with van der Waals surface area (Å²) in [5.41, 5.74) is 1.31. The zero-order valence-electron chi connectivity index (χ0n) is 12.9. The number of aromatic nitrogens is 1. The summed E-state index contributed by atoms with van der Waals surface area (Å²) in [6.45, 7) is 0.577. The van der Waals surface area contributed by atoms with Crippen LogP contribution in [0, 0.1) is 5.82 Å². The number of anilines is 1. The van der Waals surface area contributed by atoms with Crippen molar-refractivity contribution in [1.82, 2.24) is 10.3 Å². The molecule has 0 aliphatic carbocycles. The van der Waals surface area contributed by atoms with Crippen molar-refractivity contribution in [1.29, 1.82) is 0 Å². The summed E-state index contributed by atoms with van der Waals surface area (Å²) < 4.78 is 14.5. The molecule has 4 nitrogen and oxygen atoms in total. The smallest absolute Gasteiger partial charge is 0.239 e. The van der Waals surface area contributed by atoms with Crippen molar-refractivity contribution in [3.8, 4) is 0 Å². The summed E-state index contributed by atoms with van der Waals surface area (Å²) in [6, 6.07) is 12.1. The largest absolute Gasteiger partial charge is 0.350 e. The average Bonchev–Trinajstić information content (AvgIpc) is 3.00. The summed E-state index contributed by atoms with van der Waals surface area (Å²) >= 11 is 7.19. The summed E-state index contributed by atoms with van der Waals surface area (Å²) in [7, 11) is 1.76. The number of hydrogen-bond donors (Lipinski definition) is 1. The molecule has 0 unspecified atom stereocenters. The van der Waals surface area contributed by atoms with Crippen molar-refractivity contribution < 1.29 is 9.18 Å². The Bertz CT molecular complexity index is 866. The molecule has 0 spiro atoms. The molecule has 1 aromatic heterocycles. The first kappa shape index (κ1) is 16.7. The first-order chi connectivity index (χ1) is 11.5. The van der Waals surface area contributed by atoms with Gasteiger partial charge < -0.3 is 10.2 Å². The quantitative estimate of drug-likeness (QED) is 0.749. The maximum atomic E-state index is 13.7. The van der Waals surface area contributed by atoms with Gasteiger partial charge in [-0.3, -0.25) is 4.79 Å². The van der Waals surface area contributed by atoms with Gasteiger partial charge in [0.1, 0.15) is 11.3 Å². The minimum absolute atomic E-state index is 0.132. The number of likely N-dealkylation sites (N-methyl/N-ethyl adjacent to an activating group) is 1. The van der Waals surface area contributed by atoms with Gasteiger partial charge in [0.2, 0.25) is 5.91 Å². The van der Waals surface area contributed by atoms with Crippen LogP contribution in [0.5, 0.6) is 0 Å². The molecule has 0 atom stereocenters. The molecule has 0 fully saturated rings. The summed E-state index contributed by atoms with van der Waals surface area (Å²) in [5, 5.41) is 4.11. The first-order valence-electron chi connectivity index (χ1n) is 7.30. The van der Waals surface area contributed by atoms with Crippen LogP contribution in [0.15, 0.2) is 42.5 Å². The molecular weight excluding hydrogens is 349 g/mol. The number of nitrogens with zero attached hydrogens (tertiary/aromatic N) is 2. The Morgan fingerprint density at radius 3 is 2.75 bits per heavy atom. The topological polar surface area (TPSA) is 45.2 Å². The molecule has 0 bridgehead atoms. The number of nitrogens with one attached hydrogen (secondary N) is 1. The van der Waals surface area contributed by atoms with Crippen molar-refractivity contribution >= 4 is 44.2 Å². The third-order valence-corrected chi connectivity index (χ3v) is 4.86. The molecule has 0 saturated heterocycles. The van der Waals surface area contributed by atoms with E-state index in [0.717, 1.165) is 10.3 Å². The minimum atomic E-state index is -0.351. The molecule has 2 aromatic carbocycles. The fourth-order valence-corrected chi connectivity index (χ4v) is 3.27. The molecule has 3 aromatic rings. The van der Waals surface area contributed by atoms with Crippen molar-refractivity contribution in [3.05, 3.63) is 58.9 Å². The Balaban J connectivity index is 1.60. The fourth-order valence-electron chi connectivity index (χ4n) is 2.21. The molecule has 24 heavy (non-hydrogen) atoms. The van der Waals surface area contributed by atoms with E-state index >= 15 is 0 Å². The van der Waals surface area contributed by atoms with Crippen molar-refractivity contribution in [2.24, 2.45) is 0 Å². The second-order valence-corrected chi connectivity index (χ2v) is 6.79. The van der Waals surface area contributed by atoms with Gasteiger partial charge in [0, 0.05) is 18.6 Å². The highest BCUT2D eigenvalue weighted by Gasteiger charge is 2.13. The number of rotatable bonds is 5. The molecule has 7 heteroatoms. The van der Waals surface area contributed by atoms with E-state index in [4.69, 9.17) is 11.6 Å². The predicted octanol–water partition coefficient (Wildman–Crippen LogP) is 3.84. The van der Waals surface area contributed by atoms with E-state index in [2.05, 4.69) is 10.3 Å². The van der Waals surface area contributed by atoms with Crippen LogP contribution in [0.4, 0.5) is 9.52 Å². The lowest BCUT2D eigenvalue weighted by Gasteiger charge is -2.15. The van der Waals surface area contributed by atoms with Gasteiger partial charge in [-0.2, -0.15) is 0 Å². The predicted molar refractivity (Wildman–Crippen MR) is 96.1 cm³/mol. The molecule has 1 amide bonds. The molecule has 124 valence electrons. The van der Waals surface area contributed by atoms with Crippen LogP contribution >= 0.6 is 22.9 Å². The second kappa shape index (κ2) is 7.15.